The van der Waals surface area contributed by atoms with Gasteiger partial charge in [-0.3, -0.25) is 9.69 Å². The highest BCUT2D eigenvalue weighted by molar-refractivity contribution is 8.26. The van der Waals surface area contributed by atoms with E-state index in [2.05, 4.69) is 0 Å². The molecule has 1 aliphatic rings. The second-order valence-electron chi connectivity index (χ2n) is 8.16. The first-order chi connectivity index (χ1) is 17.3. The van der Waals surface area contributed by atoms with E-state index in [-0.39, 0.29) is 10.8 Å². The molecule has 0 radical (unpaired) electrons. The van der Waals surface area contributed by atoms with Crippen LogP contribution in [0.3, 0.4) is 0 Å². The number of benzene rings is 2. The van der Waals surface area contributed by atoms with Crippen LogP contribution in [-0.2, 0) is 14.8 Å². The molecule has 1 amide bonds. The molecule has 0 saturated carbocycles. The molecule has 188 valence electrons. The summed E-state index contributed by atoms with van der Waals surface area (Å²) in [6.45, 7) is 6.98. The number of thioether (sulfide) groups is 1. The topological polar surface area (TPSA) is 75.5 Å². The smallest absolute Gasteiger partial charge is 0.266 e. The second-order valence-corrected chi connectivity index (χ2v) is 11.8. The van der Waals surface area contributed by atoms with Gasteiger partial charge in [0.1, 0.15) is 10.0 Å². The van der Waals surface area contributed by atoms with E-state index in [9.17, 15) is 13.2 Å². The lowest BCUT2D eigenvalue weighted by Crippen LogP contribution is -2.30. The third-order valence-corrected chi connectivity index (χ3v) is 9.25. The fourth-order valence-corrected chi connectivity index (χ4v) is 6.81. The lowest BCUT2D eigenvalue weighted by Gasteiger charge is -2.18. The molecule has 36 heavy (non-hydrogen) atoms. The van der Waals surface area contributed by atoms with E-state index < -0.39 is 10.0 Å². The van der Waals surface area contributed by atoms with Crippen molar-refractivity contribution in [2.45, 2.75) is 32.1 Å². The van der Waals surface area contributed by atoms with Gasteiger partial charge in [-0.05, 0) is 36.8 Å². The first kappa shape index (κ1) is 26.3. The van der Waals surface area contributed by atoms with E-state index in [0.717, 1.165) is 12.1 Å². The maximum absolute atomic E-state index is 13.2. The van der Waals surface area contributed by atoms with Gasteiger partial charge < -0.3 is 0 Å². The Morgan fingerprint density at radius 1 is 1.06 bits per heavy atom. The largest absolute Gasteiger partial charge is 0.293 e. The first-order valence-electron chi connectivity index (χ1n) is 11.8. The van der Waals surface area contributed by atoms with Gasteiger partial charge in [0.05, 0.1) is 15.5 Å². The van der Waals surface area contributed by atoms with Crippen molar-refractivity contribution < 1.29 is 13.2 Å². The molecule has 0 bridgehead atoms. The predicted molar refractivity (Wildman–Crippen MR) is 149 cm³/mol. The maximum Gasteiger partial charge on any atom is 0.266 e. The van der Waals surface area contributed by atoms with Crippen LogP contribution in [0.15, 0.2) is 70.6 Å². The summed E-state index contributed by atoms with van der Waals surface area (Å²) in [7, 11) is -3.64. The first-order valence-corrected chi connectivity index (χ1v) is 14.5. The number of sulfonamides is 1. The van der Waals surface area contributed by atoms with Gasteiger partial charge in [-0.1, -0.05) is 75.1 Å². The van der Waals surface area contributed by atoms with Crippen LogP contribution >= 0.6 is 24.0 Å². The van der Waals surface area contributed by atoms with Crippen molar-refractivity contribution in [2.75, 3.05) is 19.6 Å². The third kappa shape index (κ3) is 5.17. The van der Waals surface area contributed by atoms with Gasteiger partial charge in [-0.2, -0.15) is 9.40 Å². The molecular weight excluding hydrogens is 513 g/mol. The average Bonchev–Trinajstić information content (AvgIpc) is 3.42. The summed E-state index contributed by atoms with van der Waals surface area (Å²) in [6.07, 6.45) is 4.45. The van der Waals surface area contributed by atoms with Gasteiger partial charge in [0, 0.05) is 37.0 Å². The highest BCUT2D eigenvalue weighted by Gasteiger charge is 2.32. The quantitative estimate of drug-likeness (QED) is 0.275. The minimum Gasteiger partial charge on any atom is -0.293 e. The van der Waals surface area contributed by atoms with Crippen molar-refractivity contribution in [1.29, 1.82) is 0 Å². The molecule has 0 aliphatic carbocycles. The number of carbonyl (C=O) groups excluding carboxylic acids is 1. The van der Waals surface area contributed by atoms with E-state index >= 15 is 0 Å². The van der Waals surface area contributed by atoms with Gasteiger partial charge in [0.15, 0.2) is 0 Å². The monoisotopic (exact) mass is 540 g/mol. The van der Waals surface area contributed by atoms with Crippen LogP contribution in [0.4, 0.5) is 0 Å². The van der Waals surface area contributed by atoms with Crippen molar-refractivity contribution >= 4 is 50.3 Å². The van der Waals surface area contributed by atoms with Gasteiger partial charge in [-0.15, -0.1) is 0 Å². The summed E-state index contributed by atoms with van der Waals surface area (Å²) in [5.74, 6) is -0.122. The van der Waals surface area contributed by atoms with Crippen molar-refractivity contribution in [3.8, 4) is 16.9 Å². The molecule has 1 fully saturated rings. The van der Waals surface area contributed by atoms with Gasteiger partial charge >= 0.3 is 0 Å². The lowest BCUT2D eigenvalue weighted by molar-refractivity contribution is -0.122. The predicted octanol–water partition coefficient (Wildman–Crippen LogP) is 5.18. The standard InChI is InChI=1S/C26H28N4O3S3/c1-4-15-29-25(31)23(35-26(29)34)17-20-18-30(21-12-8-7-9-13-21)27-24(20)19-11-10-14-22(16-19)36(32,33)28(5-2)6-3/h7-14,16-18H,4-6,15H2,1-3H3/b23-17-. The number of hydrogen-bond acceptors (Lipinski definition) is 6. The molecule has 1 aliphatic heterocycles. The highest BCUT2D eigenvalue weighted by atomic mass is 32.2. The van der Waals surface area contributed by atoms with Crippen LogP contribution in [0.25, 0.3) is 23.0 Å². The molecule has 3 aromatic rings. The van der Waals surface area contributed by atoms with E-state index in [4.69, 9.17) is 17.3 Å². The molecule has 10 heteroatoms. The summed E-state index contributed by atoms with van der Waals surface area (Å²) in [5, 5.41) is 4.80. The zero-order valence-corrected chi connectivity index (χ0v) is 22.9. The Balaban J connectivity index is 1.83. The van der Waals surface area contributed by atoms with Crippen LogP contribution in [0, 0.1) is 0 Å². The van der Waals surface area contributed by atoms with Crippen LogP contribution in [0.2, 0.25) is 0 Å². The molecule has 2 aromatic carbocycles. The lowest BCUT2D eigenvalue weighted by atomic mass is 10.1. The summed E-state index contributed by atoms with van der Waals surface area (Å²) in [5.41, 5.74) is 2.78. The molecule has 0 spiro atoms. The Morgan fingerprint density at radius 2 is 1.78 bits per heavy atom. The number of para-hydroxylation sites is 1. The number of thiocarbonyl (C=S) groups is 1. The molecule has 7 nitrogen and oxygen atoms in total. The Hall–Kier alpha value is -2.79. The molecule has 2 heterocycles. The molecule has 0 N–H and O–H groups in total. The summed E-state index contributed by atoms with van der Waals surface area (Å²) in [4.78, 5) is 15.3. The van der Waals surface area contributed by atoms with Crippen molar-refractivity contribution in [3.05, 3.63) is 71.3 Å². The van der Waals surface area contributed by atoms with Gasteiger partial charge in [-0.25, -0.2) is 13.1 Å². The summed E-state index contributed by atoms with van der Waals surface area (Å²) < 4.78 is 30.0. The Labute approximate surface area is 221 Å². The maximum atomic E-state index is 13.2. The third-order valence-electron chi connectivity index (χ3n) is 5.82. The van der Waals surface area contributed by atoms with Crippen LogP contribution in [-0.4, -0.2) is 57.3 Å². The average molecular weight is 541 g/mol. The van der Waals surface area contributed by atoms with Crippen molar-refractivity contribution in [1.82, 2.24) is 19.0 Å². The molecule has 1 saturated heterocycles. The van der Waals surface area contributed by atoms with E-state index in [1.807, 2.05) is 63.4 Å². The fourth-order valence-electron chi connectivity index (χ4n) is 4.00. The molecule has 1 aromatic heterocycles. The van der Waals surface area contributed by atoms with Crippen LogP contribution < -0.4 is 0 Å². The number of amides is 1. The van der Waals surface area contributed by atoms with Gasteiger partial charge in [0.25, 0.3) is 5.91 Å². The number of nitrogens with zero attached hydrogens (tertiary/aromatic N) is 4. The van der Waals surface area contributed by atoms with E-state index in [1.54, 1.807) is 33.9 Å². The number of hydrogen-bond donors (Lipinski definition) is 0. The Kier molecular flexibility index (Phi) is 8.09. The number of aromatic nitrogens is 2. The zero-order valence-electron chi connectivity index (χ0n) is 20.4. The van der Waals surface area contributed by atoms with Gasteiger partial charge in [0.2, 0.25) is 10.0 Å². The van der Waals surface area contributed by atoms with E-state index in [0.29, 0.717) is 45.7 Å². The van der Waals surface area contributed by atoms with Crippen LogP contribution in [0.5, 0.6) is 0 Å². The minimum absolute atomic E-state index is 0.122. The molecular formula is C26H28N4O3S3. The van der Waals surface area contributed by atoms with Crippen molar-refractivity contribution in [2.24, 2.45) is 0 Å². The molecule has 0 unspecified atom stereocenters. The fraction of sp³-hybridized carbons (Fsp3) is 0.269. The normalized spacial score (nSPS) is 15.4. The minimum atomic E-state index is -3.64. The number of rotatable bonds is 9. The highest BCUT2D eigenvalue weighted by Crippen LogP contribution is 2.35. The van der Waals surface area contributed by atoms with Crippen molar-refractivity contribution in [3.63, 3.8) is 0 Å². The molecule has 4 rings (SSSR count). The Bertz CT molecular complexity index is 1410. The summed E-state index contributed by atoms with van der Waals surface area (Å²) in [6, 6.07) is 16.4. The van der Waals surface area contributed by atoms with Crippen LogP contribution in [0.1, 0.15) is 32.8 Å². The van der Waals surface area contributed by atoms with E-state index in [1.165, 1.54) is 16.1 Å². The molecule has 0 atom stereocenters. The number of carbonyl (C=O) groups is 1. The second kappa shape index (κ2) is 11.1. The SMILES string of the molecule is CCCN1C(=O)/C(=C/c2cn(-c3ccccc3)nc2-c2cccc(S(=O)(=O)N(CC)CC)c2)SC1=S. The summed E-state index contributed by atoms with van der Waals surface area (Å²) >= 11 is 6.70. The Morgan fingerprint density at radius 3 is 2.44 bits per heavy atom. The zero-order chi connectivity index (χ0) is 25.9.